The van der Waals surface area contributed by atoms with Crippen molar-refractivity contribution in [2.45, 2.75) is 33.6 Å². The second kappa shape index (κ2) is 7.95. The molecule has 6 heteroatoms. The van der Waals surface area contributed by atoms with Crippen LogP contribution in [0.25, 0.3) is 0 Å². The Labute approximate surface area is 142 Å². The van der Waals surface area contributed by atoms with Crippen LogP contribution in [0.2, 0.25) is 0 Å². The van der Waals surface area contributed by atoms with Gasteiger partial charge in [0.15, 0.2) is 0 Å². The molecule has 0 saturated carbocycles. The highest BCUT2D eigenvalue weighted by atomic mass is 16.2. The Hall–Kier alpha value is -2.37. The van der Waals surface area contributed by atoms with Gasteiger partial charge in [-0.1, -0.05) is 13.8 Å². The maximum absolute atomic E-state index is 12.3. The number of benzene rings is 1. The van der Waals surface area contributed by atoms with Gasteiger partial charge in [-0.3, -0.25) is 14.4 Å². The maximum Gasteiger partial charge on any atom is 0.229 e. The Morgan fingerprint density at radius 2 is 1.75 bits per heavy atom. The molecule has 6 nitrogen and oxygen atoms in total. The number of nitrogens with one attached hydrogen (secondary N) is 2. The van der Waals surface area contributed by atoms with Crippen LogP contribution in [0.15, 0.2) is 24.3 Å². The minimum atomic E-state index is -0.306. The summed E-state index contributed by atoms with van der Waals surface area (Å²) >= 11 is 0. The summed E-state index contributed by atoms with van der Waals surface area (Å²) in [5.74, 6) is 0.00436. The number of hydrogen-bond acceptors (Lipinski definition) is 3. The van der Waals surface area contributed by atoms with E-state index < -0.39 is 0 Å². The fourth-order valence-electron chi connectivity index (χ4n) is 2.66. The predicted octanol–water partition coefficient (Wildman–Crippen LogP) is 2.48. The Morgan fingerprint density at radius 1 is 1.17 bits per heavy atom. The zero-order chi connectivity index (χ0) is 17.7. The SMILES string of the molecule is CC(=O)Nc1ccc(NC(=O)[C@@H]2CC(=O)N(CCC(C)C)C2)cc1. The lowest BCUT2D eigenvalue weighted by molar-refractivity contribution is -0.128. The van der Waals surface area contributed by atoms with Gasteiger partial charge in [0.05, 0.1) is 5.92 Å². The second-order valence-electron chi connectivity index (χ2n) is 6.67. The number of anilines is 2. The highest BCUT2D eigenvalue weighted by Crippen LogP contribution is 2.21. The van der Waals surface area contributed by atoms with Crippen molar-refractivity contribution in [3.05, 3.63) is 24.3 Å². The van der Waals surface area contributed by atoms with Crippen LogP contribution in [0.1, 0.15) is 33.6 Å². The molecule has 1 aromatic carbocycles. The molecule has 2 N–H and O–H groups in total. The number of nitrogens with zero attached hydrogens (tertiary/aromatic N) is 1. The Kier molecular flexibility index (Phi) is 5.95. The van der Waals surface area contributed by atoms with Crippen LogP contribution in [0.5, 0.6) is 0 Å². The molecule has 130 valence electrons. The van der Waals surface area contributed by atoms with Crippen molar-refractivity contribution in [1.29, 1.82) is 0 Å². The van der Waals surface area contributed by atoms with Gasteiger partial charge in [0, 0.05) is 37.8 Å². The third-order valence-electron chi connectivity index (χ3n) is 4.03. The Bertz CT molecular complexity index is 610. The zero-order valence-electron chi connectivity index (χ0n) is 14.5. The third-order valence-corrected chi connectivity index (χ3v) is 4.03. The van der Waals surface area contributed by atoms with Crippen LogP contribution in [0, 0.1) is 11.8 Å². The lowest BCUT2D eigenvalue weighted by atomic mass is 10.1. The summed E-state index contributed by atoms with van der Waals surface area (Å²) in [6.07, 6.45) is 1.22. The maximum atomic E-state index is 12.3. The molecule has 1 atom stereocenters. The minimum Gasteiger partial charge on any atom is -0.342 e. The molecule has 0 aromatic heterocycles. The van der Waals surface area contributed by atoms with Gasteiger partial charge in [-0.25, -0.2) is 0 Å². The van der Waals surface area contributed by atoms with Crippen molar-refractivity contribution in [1.82, 2.24) is 4.90 Å². The molecule has 1 heterocycles. The van der Waals surface area contributed by atoms with E-state index in [2.05, 4.69) is 24.5 Å². The lowest BCUT2D eigenvalue weighted by Crippen LogP contribution is -2.29. The number of carbonyl (C=O) groups excluding carboxylic acids is 3. The Morgan fingerprint density at radius 3 is 2.29 bits per heavy atom. The highest BCUT2D eigenvalue weighted by molar-refractivity contribution is 5.97. The first-order chi connectivity index (χ1) is 11.3. The largest absolute Gasteiger partial charge is 0.342 e. The van der Waals surface area contributed by atoms with Gasteiger partial charge in [0.1, 0.15) is 0 Å². The van der Waals surface area contributed by atoms with Crippen LogP contribution in [0.3, 0.4) is 0 Å². The number of amides is 3. The molecule has 0 radical (unpaired) electrons. The van der Waals surface area contributed by atoms with E-state index in [1.807, 2.05) is 0 Å². The van der Waals surface area contributed by atoms with E-state index in [1.165, 1.54) is 6.92 Å². The van der Waals surface area contributed by atoms with Crippen molar-refractivity contribution in [3.63, 3.8) is 0 Å². The molecular weight excluding hydrogens is 306 g/mol. The molecule has 1 saturated heterocycles. The summed E-state index contributed by atoms with van der Waals surface area (Å²) in [4.78, 5) is 37.1. The van der Waals surface area contributed by atoms with Gasteiger partial charge in [-0.2, -0.15) is 0 Å². The van der Waals surface area contributed by atoms with E-state index in [4.69, 9.17) is 0 Å². The van der Waals surface area contributed by atoms with E-state index in [9.17, 15) is 14.4 Å². The quantitative estimate of drug-likeness (QED) is 0.840. The summed E-state index contributed by atoms with van der Waals surface area (Å²) in [5, 5.41) is 5.51. The molecule has 1 aliphatic rings. The van der Waals surface area contributed by atoms with Gasteiger partial charge in [-0.15, -0.1) is 0 Å². The van der Waals surface area contributed by atoms with Gasteiger partial charge >= 0.3 is 0 Å². The average molecular weight is 331 g/mol. The third kappa shape index (κ3) is 5.08. The minimum absolute atomic E-state index is 0.0526. The molecule has 3 amide bonds. The summed E-state index contributed by atoms with van der Waals surface area (Å²) in [6.45, 7) is 6.88. The average Bonchev–Trinajstić information content (AvgIpc) is 2.88. The van der Waals surface area contributed by atoms with E-state index in [0.717, 1.165) is 6.42 Å². The molecule has 0 spiro atoms. The van der Waals surface area contributed by atoms with Crippen molar-refractivity contribution in [2.24, 2.45) is 11.8 Å². The first-order valence-electron chi connectivity index (χ1n) is 8.31. The van der Waals surface area contributed by atoms with Crippen molar-refractivity contribution >= 4 is 29.1 Å². The molecule has 0 bridgehead atoms. The smallest absolute Gasteiger partial charge is 0.229 e. The first kappa shape index (κ1) is 18.0. The number of carbonyl (C=O) groups is 3. The molecule has 0 unspecified atom stereocenters. The highest BCUT2D eigenvalue weighted by Gasteiger charge is 2.34. The lowest BCUT2D eigenvalue weighted by Gasteiger charge is -2.17. The Balaban J connectivity index is 1.88. The van der Waals surface area contributed by atoms with E-state index in [1.54, 1.807) is 29.2 Å². The number of hydrogen-bond donors (Lipinski definition) is 2. The van der Waals surface area contributed by atoms with Gasteiger partial charge in [-0.05, 0) is 36.6 Å². The topological polar surface area (TPSA) is 78.5 Å². The van der Waals surface area contributed by atoms with E-state index in [0.29, 0.717) is 30.4 Å². The van der Waals surface area contributed by atoms with E-state index >= 15 is 0 Å². The van der Waals surface area contributed by atoms with Crippen LogP contribution in [0.4, 0.5) is 11.4 Å². The van der Waals surface area contributed by atoms with E-state index in [-0.39, 0.29) is 30.1 Å². The van der Waals surface area contributed by atoms with Crippen molar-refractivity contribution < 1.29 is 14.4 Å². The van der Waals surface area contributed by atoms with Crippen LogP contribution < -0.4 is 10.6 Å². The molecule has 0 aliphatic carbocycles. The summed E-state index contributed by atoms with van der Waals surface area (Å²) in [6, 6.07) is 6.92. The monoisotopic (exact) mass is 331 g/mol. The second-order valence-corrected chi connectivity index (χ2v) is 6.67. The normalized spacial score (nSPS) is 17.2. The molecule has 1 fully saturated rings. The zero-order valence-corrected chi connectivity index (χ0v) is 14.5. The summed E-state index contributed by atoms with van der Waals surface area (Å²) in [7, 11) is 0. The van der Waals surface area contributed by atoms with Crippen LogP contribution in [-0.2, 0) is 14.4 Å². The summed E-state index contributed by atoms with van der Waals surface area (Å²) < 4.78 is 0. The number of likely N-dealkylation sites (tertiary alicyclic amines) is 1. The molecular formula is C18H25N3O3. The standard InChI is InChI=1S/C18H25N3O3/c1-12(2)8-9-21-11-14(10-17(21)23)18(24)20-16-6-4-15(5-7-16)19-13(3)22/h4-7,12,14H,8-11H2,1-3H3,(H,19,22)(H,20,24)/t14-/m1/s1. The first-order valence-corrected chi connectivity index (χ1v) is 8.31. The molecule has 24 heavy (non-hydrogen) atoms. The van der Waals surface area contributed by atoms with Crippen LogP contribution >= 0.6 is 0 Å². The van der Waals surface area contributed by atoms with Gasteiger partial charge < -0.3 is 15.5 Å². The molecule has 1 aromatic rings. The van der Waals surface area contributed by atoms with Gasteiger partial charge in [0.2, 0.25) is 17.7 Å². The predicted molar refractivity (Wildman–Crippen MR) is 93.5 cm³/mol. The van der Waals surface area contributed by atoms with Crippen LogP contribution in [-0.4, -0.2) is 35.7 Å². The van der Waals surface area contributed by atoms with Gasteiger partial charge in [0.25, 0.3) is 0 Å². The molecule has 1 aliphatic heterocycles. The number of rotatable bonds is 6. The summed E-state index contributed by atoms with van der Waals surface area (Å²) in [5.41, 5.74) is 1.33. The fourth-order valence-corrected chi connectivity index (χ4v) is 2.66. The fraction of sp³-hybridized carbons (Fsp3) is 0.500. The van der Waals surface area contributed by atoms with Crippen molar-refractivity contribution in [2.75, 3.05) is 23.7 Å². The van der Waals surface area contributed by atoms with Crippen molar-refractivity contribution in [3.8, 4) is 0 Å². The molecule has 2 rings (SSSR count).